The van der Waals surface area contributed by atoms with E-state index in [4.69, 9.17) is 4.74 Å². The molecule has 0 heterocycles. The number of benzene rings is 2. The van der Waals surface area contributed by atoms with Gasteiger partial charge in [-0.15, -0.1) is 0 Å². The number of amides is 1. The van der Waals surface area contributed by atoms with E-state index in [1.807, 2.05) is 0 Å². The van der Waals surface area contributed by atoms with Crippen molar-refractivity contribution < 1.29 is 23.5 Å². The molecule has 0 saturated carbocycles. The summed E-state index contributed by atoms with van der Waals surface area (Å²) in [7, 11) is 0. The normalized spacial score (nSPS) is 10.1. The van der Waals surface area contributed by atoms with Crippen LogP contribution in [0.15, 0.2) is 48.5 Å². The first-order valence-corrected chi connectivity index (χ1v) is 7.25. The average Bonchev–Trinajstić information content (AvgIpc) is 2.53. The molecule has 0 fully saturated rings. The predicted molar refractivity (Wildman–Crippen MR) is 86.1 cm³/mol. The standard InChI is InChI=1S/C18H16FNO4/c1-12(21)20-16-7-5-14(6-8-16)17(22)11-24-18(23)10-13-3-2-4-15(19)9-13/h2-9H,10-11H2,1H3,(H,20,21). The van der Waals surface area contributed by atoms with Crippen molar-refractivity contribution in [2.24, 2.45) is 0 Å². The number of ketones is 1. The molecule has 2 rings (SSSR count). The molecule has 6 heteroatoms. The van der Waals surface area contributed by atoms with Crippen LogP contribution < -0.4 is 5.32 Å². The highest BCUT2D eigenvalue weighted by Gasteiger charge is 2.11. The number of halogens is 1. The third kappa shape index (κ3) is 5.31. The topological polar surface area (TPSA) is 72.5 Å². The van der Waals surface area contributed by atoms with Crippen LogP contribution in [0, 0.1) is 5.82 Å². The van der Waals surface area contributed by atoms with E-state index in [0.29, 0.717) is 16.8 Å². The first-order valence-electron chi connectivity index (χ1n) is 7.25. The van der Waals surface area contributed by atoms with Crippen LogP contribution in [-0.4, -0.2) is 24.3 Å². The Balaban J connectivity index is 1.86. The number of carbonyl (C=O) groups is 3. The third-order valence-corrected chi connectivity index (χ3v) is 3.13. The maximum atomic E-state index is 13.0. The van der Waals surface area contributed by atoms with Gasteiger partial charge in [0.15, 0.2) is 12.4 Å². The molecule has 1 N–H and O–H groups in total. The highest BCUT2D eigenvalue weighted by atomic mass is 19.1. The second-order valence-electron chi connectivity index (χ2n) is 5.15. The molecule has 0 aliphatic heterocycles. The van der Waals surface area contributed by atoms with Crippen LogP contribution in [0.2, 0.25) is 0 Å². The Morgan fingerprint density at radius 1 is 1.08 bits per heavy atom. The number of nitrogens with one attached hydrogen (secondary N) is 1. The number of rotatable bonds is 6. The number of ether oxygens (including phenoxy) is 1. The molecule has 2 aromatic carbocycles. The SMILES string of the molecule is CC(=O)Nc1ccc(C(=O)COC(=O)Cc2cccc(F)c2)cc1. The Bertz CT molecular complexity index is 756. The molecule has 0 radical (unpaired) electrons. The summed E-state index contributed by atoms with van der Waals surface area (Å²) in [5.74, 6) is -1.61. The van der Waals surface area contributed by atoms with Gasteiger partial charge in [-0.1, -0.05) is 12.1 Å². The summed E-state index contributed by atoms with van der Waals surface area (Å²) >= 11 is 0. The summed E-state index contributed by atoms with van der Waals surface area (Å²) in [4.78, 5) is 34.6. The first-order chi connectivity index (χ1) is 11.4. The van der Waals surface area contributed by atoms with E-state index in [0.717, 1.165) is 0 Å². The van der Waals surface area contributed by atoms with Gasteiger partial charge < -0.3 is 10.1 Å². The van der Waals surface area contributed by atoms with Gasteiger partial charge in [0.25, 0.3) is 0 Å². The van der Waals surface area contributed by atoms with Crippen LogP contribution in [0.3, 0.4) is 0 Å². The van der Waals surface area contributed by atoms with Crippen LogP contribution in [0.25, 0.3) is 0 Å². The van der Waals surface area contributed by atoms with Gasteiger partial charge in [-0.2, -0.15) is 0 Å². The minimum absolute atomic E-state index is 0.105. The fourth-order valence-electron chi connectivity index (χ4n) is 2.04. The molecule has 0 bridgehead atoms. The van der Waals surface area contributed by atoms with Gasteiger partial charge in [0.05, 0.1) is 6.42 Å². The predicted octanol–water partition coefficient (Wildman–Crippen LogP) is 2.75. The molecule has 1 amide bonds. The van der Waals surface area contributed by atoms with Crippen molar-refractivity contribution in [1.29, 1.82) is 0 Å². The van der Waals surface area contributed by atoms with Gasteiger partial charge in [0.2, 0.25) is 5.91 Å². The molecule has 0 aromatic heterocycles. The quantitative estimate of drug-likeness (QED) is 0.653. The molecular weight excluding hydrogens is 313 g/mol. The van der Waals surface area contributed by atoms with Crippen LogP contribution in [-0.2, 0) is 20.7 Å². The Hall–Kier alpha value is -3.02. The summed E-state index contributed by atoms with van der Waals surface area (Å²) < 4.78 is 17.9. The lowest BCUT2D eigenvalue weighted by Crippen LogP contribution is -2.16. The summed E-state index contributed by atoms with van der Waals surface area (Å²) in [6.45, 7) is 0.991. The first kappa shape index (κ1) is 17.3. The minimum Gasteiger partial charge on any atom is -0.457 e. The summed E-state index contributed by atoms with van der Waals surface area (Å²) in [6, 6.07) is 11.9. The molecule has 0 aliphatic rings. The van der Waals surface area contributed by atoms with Gasteiger partial charge >= 0.3 is 5.97 Å². The molecular formula is C18H16FNO4. The van der Waals surface area contributed by atoms with Crippen molar-refractivity contribution >= 4 is 23.3 Å². The Kier molecular flexibility index (Phi) is 5.78. The lowest BCUT2D eigenvalue weighted by atomic mass is 10.1. The smallest absolute Gasteiger partial charge is 0.310 e. The zero-order chi connectivity index (χ0) is 17.5. The van der Waals surface area contributed by atoms with Crippen molar-refractivity contribution in [2.75, 3.05) is 11.9 Å². The Labute approximate surface area is 138 Å². The second kappa shape index (κ2) is 8.01. The summed E-state index contributed by atoms with van der Waals surface area (Å²) in [5, 5.41) is 2.59. The molecule has 24 heavy (non-hydrogen) atoms. The third-order valence-electron chi connectivity index (χ3n) is 3.13. The van der Waals surface area contributed by atoms with E-state index in [9.17, 15) is 18.8 Å². The van der Waals surface area contributed by atoms with E-state index in [-0.39, 0.29) is 18.1 Å². The van der Waals surface area contributed by atoms with Gasteiger partial charge in [0.1, 0.15) is 5.82 Å². The van der Waals surface area contributed by atoms with Crippen molar-refractivity contribution in [3.63, 3.8) is 0 Å². The maximum absolute atomic E-state index is 13.0. The van der Waals surface area contributed by atoms with Gasteiger partial charge in [-0.3, -0.25) is 14.4 Å². The monoisotopic (exact) mass is 329 g/mol. The van der Waals surface area contributed by atoms with Crippen molar-refractivity contribution in [1.82, 2.24) is 0 Å². The van der Waals surface area contributed by atoms with E-state index in [1.165, 1.54) is 37.3 Å². The summed E-state index contributed by atoms with van der Waals surface area (Å²) in [6.07, 6.45) is -0.105. The van der Waals surface area contributed by atoms with Crippen LogP contribution in [0.1, 0.15) is 22.8 Å². The van der Waals surface area contributed by atoms with Crippen LogP contribution >= 0.6 is 0 Å². The number of Topliss-reactive ketones (excluding diaryl/α,β-unsaturated/α-hetero) is 1. The lowest BCUT2D eigenvalue weighted by molar-refractivity contribution is -0.141. The highest BCUT2D eigenvalue weighted by molar-refractivity contribution is 5.98. The van der Waals surface area contributed by atoms with Crippen LogP contribution in [0.5, 0.6) is 0 Å². The molecule has 0 saturated heterocycles. The molecule has 124 valence electrons. The largest absolute Gasteiger partial charge is 0.457 e. The highest BCUT2D eigenvalue weighted by Crippen LogP contribution is 2.11. The second-order valence-corrected chi connectivity index (χ2v) is 5.15. The van der Waals surface area contributed by atoms with Gasteiger partial charge in [-0.25, -0.2) is 4.39 Å². The molecule has 0 spiro atoms. The van der Waals surface area contributed by atoms with Crippen molar-refractivity contribution in [3.05, 3.63) is 65.5 Å². The Morgan fingerprint density at radius 2 is 1.79 bits per heavy atom. The lowest BCUT2D eigenvalue weighted by Gasteiger charge is -2.06. The van der Waals surface area contributed by atoms with Crippen molar-refractivity contribution in [3.8, 4) is 0 Å². The number of hydrogen-bond acceptors (Lipinski definition) is 4. The van der Waals surface area contributed by atoms with Gasteiger partial charge in [0, 0.05) is 18.2 Å². The number of anilines is 1. The number of hydrogen-bond donors (Lipinski definition) is 1. The molecule has 0 unspecified atom stereocenters. The Morgan fingerprint density at radius 3 is 2.42 bits per heavy atom. The molecule has 5 nitrogen and oxygen atoms in total. The van der Waals surface area contributed by atoms with E-state index in [1.54, 1.807) is 18.2 Å². The van der Waals surface area contributed by atoms with E-state index >= 15 is 0 Å². The molecule has 0 aliphatic carbocycles. The van der Waals surface area contributed by atoms with Crippen molar-refractivity contribution in [2.45, 2.75) is 13.3 Å². The van der Waals surface area contributed by atoms with Gasteiger partial charge in [-0.05, 0) is 42.0 Å². The fraction of sp³-hybridized carbons (Fsp3) is 0.167. The molecule has 0 atom stereocenters. The maximum Gasteiger partial charge on any atom is 0.310 e. The van der Waals surface area contributed by atoms with Crippen LogP contribution in [0.4, 0.5) is 10.1 Å². The average molecular weight is 329 g/mol. The summed E-state index contributed by atoms with van der Waals surface area (Å²) in [5.41, 5.74) is 1.41. The minimum atomic E-state index is -0.608. The van der Waals surface area contributed by atoms with E-state index in [2.05, 4.69) is 5.32 Å². The fourth-order valence-corrected chi connectivity index (χ4v) is 2.04. The number of esters is 1. The zero-order valence-electron chi connectivity index (χ0n) is 13.0. The molecule has 2 aromatic rings. The van der Waals surface area contributed by atoms with E-state index < -0.39 is 18.4 Å². The zero-order valence-corrected chi connectivity index (χ0v) is 13.0. The number of carbonyl (C=O) groups excluding carboxylic acids is 3.